The zero-order valence-electron chi connectivity index (χ0n) is 23.1. The quantitative estimate of drug-likeness (QED) is 0.485. The monoisotopic (exact) mass is 548 g/mol. The molecule has 2 aliphatic heterocycles. The maximum atomic E-state index is 13.8. The van der Waals surface area contributed by atoms with E-state index in [1.807, 2.05) is 43.0 Å². The summed E-state index contributed by atoms with van der Waals surface area (Å²) < 4.78 is 0. The molecule has 9 nitrogen and oxygen atoms in total. The zero-order chi connectivity index (χ0) is 28.3. The van der Waals surface area contributed by atoms with Crippen molar-refractivity contribution in [1.29, 1.82) is 0 Å². The fourth-order valence-electron chi connectivity index (χ4n) is 5.74. The summed E-state index contributed by atoms with van der Waals surface area (Å²) in [5.74, 6) is 0.434. The van der Waals surface area contributed by atoms with E-state index in [4.69, 9.17) is 16.6 Å². The lowest BCUT2D eigenvalue weighted by molar-refractivity contribution is 0.0506. The Bertz CT molecular complexity index is 1450. The van der Waals surface area contributed by atoms with Gasteiger partial charge in [0.15, 0.2) is 0 Å². The smallest absolute Gasteiger partial charge is 0.337 e. The van der Waals surface area contributed by atoms with Crippen LogP contribution in [-0.4, -0.2) is 68.6 Å². The fraction of sp³-hybridized carbons (Fsp3) is 0.414. The summed E-state index contributed by atoms with van der Waals surface area (Å²) in [4.78, 5) is 45.5. The van der Waals surface area contributed by atoms with Crippen molar-refractivity contribution in [3.05, 3.63) is 69.8 Å². The number of carbonyl (C=O) groups is 2. The van der Waals surface area contributed by atoms with E-state index in [2.05, 4.69) is 33.6 Å². The molecule has 0 radical (unpaired) electrons. The molecule has 1 saturated heterocycles. The molecule has 0 aliphatic carbocycles. The largest absolute Gasteiger partial charge is 0.478 e. The van der Waals surface area contributed by atoms with Crippen LogP contribution in [0.3, 0.4) is 0 Å². The third kappa shape index (κ3) is 4.80. The molecule has 0 aromatic carbocycles. The van der Waals surface area contributed by atoms with E-state index >= 15 is 0 Å². The van der Waals surface area contributed by atoms with Gasteiger partial charge in [-0.25, -0.2) is 19.7 Å². The van der Waals surface area contributed by atoms with Gasteiger partial charge in [0.2, 0.25) is 0 Å². The van der Waals surface area contributed by atoms with Gasteiger partial charge in [-0.2, -0.15) is 0 Å². The first-order valence-corrected chi connectivity index (χ1v) is 13.4. The highest BCUT2D eigenvalue weighted by Crippen LogP contribution is 2.43. The molecule has 204 valence electrons. The van der Waals surface area contributed by atoms with Crippen molar-refractivity contribution in [3.8, 4) is 0 Å². The average Bonchev–Trinajstić information content (AvgIpc) is 3.13. The molecule has 10 heteroatoms. The van der Waals surface area contributed by atoms with Crippen molar-refractivity contribution < 1.29 is 14.7 Å². The molecule has 3 aromatic rings. The third-order valence-electron chi connectivity index (χ3n) is 7.64. The van der Waals surface area contributed by atoms with Crippen LogP contribution in [0.2, 0.25) is 5.02 Å². The second kappa shape index (κ2) is 9.48. The van der Waals surface area contributed by atoms with Crippen LogP contribution in [0.25, 0.3) is 0 Å². The van der Waals surface area contributed by atoms with E-state index < -0.39 is 11.5 Å². The van der Waals surface area contributed by atoms with Gasteiger partial charge in [0.25, 0.3) is 5.91 Å². The molecule has 0 unspecified atom stereocenters. The highest BCUT2D eigenvalue weighted by Gasteiger charge is 2.41. The maximum Gasteiger partial charge on any atom is 0.337 e. The van der Waals surface area contributed by atoms with E-state index in [9.17, 15) is 14.7 Å². The number of fused-ring (bicyclic) bond motifs is 1. The maximum absolute atomic E-state index is 13.8. The molecule has 1 amide bonds. The lowest BCUT2D eigenvalue weighted by atomic mass is 9.91. The van der Waals surface area contributed by atoms with Gasteiger partial charge in [-0.15, -0.1) is 0 Å². The Morgan fingerprint density at radius 1 is 0.974 bits per heavy atom. The van der Waals surface area contributed by atoms with E-state index in [0.717, 1.165) is 23.0 Å². The summed E-state index contributed by atoms with van der Waals surface area (Å²) in [6.45, 7) is 14.2. The Kier molecular flexibility index (Phi) is 6.53. The molecule has 3 aromatic heterocycles. The van der Waals surface area contributed by atoms with Gasteiger partial charge in [-0.1, -0.05) is 25.4 Å². The summed E-state index contributed by atoms with van der Waals surface area (Å²) in [6, 6.07) is 9.29. The minimum absolute atomic E-state index is 0.108. The number of pyridine rings is 3. The number of carboxylic acid groups (broad SMARTS) is 1. The average molecular weight is 549 g/mol. The summed E-state index contributed by atoms with van der Waals surface area (Å²) in [6.07, 6.45) is 1.63. The number of aryl methyl sites for hydroxylation is 2. The van der Waals surface area contributed by atoms with Crippen molar-refractivity contribution >= 4 is 40.8 Å². The summed E-state index contributed by atoms with van der Waals surface area (Å²) in [5.41, 5.74) is 2.86. The van der Waals surface area contributed by atoms with Crippen LogP contribution >= 0.6 is 11.6 Å². The highest BCUT2D eigenvalue weighted by molar-refractivity contribution is 6.30. The van der Waals surface area contributed by atoms with Crippen molar-refractivity contribution in [2.24, 2.45) is 0 Å². The van der Waals surface area contributed by atoms with Crippen molar-refractivity contribution in [3.63, 3.8) is 0 Å². The number of hydrogen-bond acceptors (Lipinski definition) is 7. The Morgan fingerprint density at radius 2 is 1.72 bits per heavy atom. The van der Waals surface area contributed by atoms with Crippen LogP contribution in [0.5, 0.6) is 0 Å². The Morgan fingerprint density at radius 3 is 2.33 bits per heavy atom. The molecule has 0 atom stereocenters. The van der Waals surface area contributed by atoms with Gasteiger partial charge >= 0.3 is 5.97 Å². The number of aromatic nitrogens is 3. The molecular weight excluding hydrogens is 516 g/mol. The Balaban J connectivity index is 1.39. The molecule has 0 saturated carbocycles. The minimum atomic E-state index is -0.975. The summed E-state index contributed by atoms with van der Waals surface area (Å²) in [7, 11) is 0. The molecule has 5 rings (SSSR count). The Labute approximate surface area is 233 Å². The highest BCUT2D eigenvalue weighted by atomic mass is 35.5. The normalized spacial score (nSPS) is 17.8. The van der Waals surface area contributed by atoms with Crippen molar-refractivity contribution in [2.45, 2.75) is 52.5 Å². The number of halogens is 1. The topological polar surface area (TPSA) is 103 Å². The predicted octanol–water partition coefficient (Wildman–Crippen LogP) is 5.01. The van der Waals surface area contributed by atoms with Crippen LogP contribution in [0.1, 0.15) is 65.5 Å². The number of carbonyl (C=O) groups excluding carboxylic acids is 1. The molecule has 1 N–H and O–H groups in total. The van der Waals surface area contributed by atoms with Gasteiger partial charge in [0.05, 0.1) is 33.2 Å². The number of amides is 1. The third-order valence-corrected chi connectivity index (χ3v) is 7.86. The predicted molar refractivity (Wildman–Crippen MR) is 152 cm³/mol. The van der Waals surface area contributed by atoms with Crippen LogP contribution in [0.15, 0.2) is 36.5 Å². The molecule has 39 heavy (non-hydrogen) atoms. The second-order valence-corrected chi connectivity index (χ2v) is 12.1. The molecule has 5 heterocycles. The van der Waals surface area contributed by atoms with Gasteiger partial charge < -0.3 is 19.8 Å². The number of aromatic carboxylic acids is 1. The number of hydrogen-bond donors (Lipinski definition) is 1. The lowest BCUT2D eigenvalue weighted by Gasteiger charge is -2.47. The molecule has 0 spiro atoms. The number of piperazine rings is 1. The number of rotatable bonds is 4. The summed E-state index contributed by atoms with van der Waals surface area (Å²) in [5, 5.41) is 10.1. The minimum Gasteiger partial charge on any atom is -0.478 e. The first-order chi connectivity index (χ1) is 18.3. The first-order valence-electron chi connectivity index (χ1n) is 13.0. The van der Waals surface area contributed by atoms with E-state index in [1.165, 1.54) is 0 Å². The number of anilines is 3. The lowest BCUT2D eigenvalue weighted by Crippen LogP contribution is -2.61. The van der Waals surface area contributed by atoms with Crippen LogP contribution in [0, 0.1) is 13.8 Å². The van der Waals surface area contributed by atoms with Crippen molar-refractivity contribution in [1.82, 2.24) is 19.9 Å². The number of nitrogens with zero attached hydrogens (tertiary/aromatic N) is 6. The van der Waals surface area contributed by atoms with E-state index in [-0.39, 0.29) is 16.9 Å². The molecule has 0 bridgehead atoms. The fourth-order valence-corrected chi connectivity index (χ4v) is 5.85. The van der Waals surface area contributed by atoms with Gasteiger partial charge in [-0.3, -0.25) is 4.79 Å². The second-order valence-electron chi connectivity index (χ2n) is 11.6. The van der Waals surface area contributed by atoms with Crippen molar-refractivity contribution in [2.75, 3.05) is 36.0 Å². The van der Waals surface area contributed by atoms with E-state index in [1.54, 1.807) is 26.1 Å². The molecule has 1 fully saturated rings. The van der Waals surface area contributed by atoms with Gasteiger partial charge in [0.1, 0.15) is 17.3 Å². The zero-order valence-corrected chi connectivity index (χ0v) is 23.9. The van der Waals surface area contributed by atoms with Crippen LogP contribution < -0.4 is 9.80 Å². The van der Waals surface area contributed by atoms with Gasteiger partial charge in [0, 0.05) is 37.8 Å². The van der Waals surface area contributed by atoms with Crippen LogP contribution in [-0.2, 0) is 5.41 Å². The van der Waals surface area contributed by atoms with Gasteiger partial charge in [-0.05, 0) is 63.6 Å². The Hall–Kier alpha value is -3.72. The molecule has 2 aliphatic rings. The van der Waals surface area contributed by atoms with Crippen LogP contribution in [0.4, 0.5) is 17.3 Å². The van der Waals surface area contributed by atoms with E-state index in [0.29, 0.717) is 48.2 Å². The molecular formula is C29H33ClN6O3. The standard InChI is InChI=1S/C29H33ClN6O3/c1-17-13-23(32-18(2)24(17)27(38)39)34-11-12-36(29(5,6)16-34)26(37)20-8-9-21-25(33-20)28(3,4)15-35(21)22-10-7-19(30)14-31-22/h7-10,13-14H,11-12,15-16H2,1-6H3,(H,38,39). The number of carboxylic acids is 1. The SMILES string of the molecule is Cc1cc(N2CCN(C(=O)c3ccc4c(n3)C(C)(C)CN4c3ccc(Cl)cn3)C(C)(C)C2)nc(C)c1C(=O)O. The first kappa shape index (κ1) is 26.9. The summed E-state index contributed by atoms with van der Waals surface area (Å²) >= 11 is 6.04.